The van der Waals surface area contributed by atoms with Crippen LogP contribution in [-0.4, -0.2) is 30.1 Å². The van der Waals surface area contributed by atoms with Crippen LogP contribution in [0.5, 0.6) is 0 Å². The highest BCUT2D eigenvalue weighted by atomic mass is 35.5. The van der Waals surface area contributed by atoms with E-state index in [1.54, 1.807) is 0 Å². The fourth-order valence-corrected chi connectivity index (χ4v) is 1.89. The highest BCUT2D eigenvalue weighted by molar-refractivity contribution is 6.33. The molecule has 0 atom stereocenters. The Bertz CT molecular complexity index is 460. The molecule has 0 unspecified atom stereocenters. The van der Waals surface area contributed by atoms with Crippen LogP contribution < -0.4 is 4.90 Å². The third kappa shape index (κ3) is 4.90. The maximum Gasteiger partial charge on any atom is 0.417 e. The van der Waals surface area contributed by atoms with Gasteiger partial charge in [0, 0.05) is 18.6 Å². The average Bonchev–Trinajstić information content (AvgIpc) is 2.25. The number of nitrogens with zero attached hydrogens (tertiary/aromatic N) is 2. The number of hydrogen-bond donors (Lipinski definition) is 0. The van der Waals surface area contributed by atoms with Crippen LogP contribution in [0.25, 0.3) is 0 Å². The second-order valence-electron chi connectivity index (χ2n) is 3.75. The maximum absolute atomic E-state index is 12.4. The molecule has 0 aliphatic heterocycles. The Hall–Kier alpha value is -0.890. The minimum absolute atomic E-state index is 0.158. The van der Waals surface area contributed by atoms with Crippen LogP contribution in [-0.2, 0) is 6.18 Å². The van der Waals surface area contributed by atoms with Crippen LogP contribution in [0.4, 0.5) is 32.2 Å². The van der Waals surface area contributed by atoms with E-state index < -0.39 is 35.3 Å². The zero-order chi connectivity index (χ0) is 15.6. The van der Waals surface area contributed by atoms with Crippen molar-refractivity contribution < 1.29 is 26.3 Å². The fraction of sp³-hybridized carbons (Fsp3) is 0.500. The van der Waals surface area contributed by atoms with E-state index >= 15 is 0 Å². The lowest BCUT2D eigenvalue weighted by Crippen LogP contribution is -2.36. The molecule has 114 valence electrons. The first kappa shape index (κ1) is 17.2. The summed E-state index contributed by atoms with van der Waals surface area (Å²) < 4.78 is 74.4. The Morgan fingerprint density at radius 2 is 1.75 bits per heavy atom. The van der Waals surface area contributed by atoms with Gasteiger partial charge in [-0.2, -0.15) is 26.3 Å². The molecule has 0 saturated carbocycles. The van der Waals surface area contributed by atoms with Gasteiger partial charge in [-0.3, -0.25) is 0 Å². The van der Waals surface area contributed by atoms with E-state index in [4.69, 9.17) is 23.2 Å². The monoisotopic (exact) mass is 340 g/mol. The fourth-order valence-electron chi connectivity index (χ4n) is 1.40. The number of pyridine rings is 1. The SMILES string of the molecule is FC(F)(F)CN(CCCl)c1ncc(C(F)(F)F)cc1Cl. The third-order valence-corrected chi connectivity index (χ3v) is 2.62. The largest absolute Gasteiger partial charge is 0.417 e. The number of alkyl halides is 7. The Kier molecular flexibility index (Phi) is 5.37. The van der Waals surface area contributed by atoms with E-state index in [9.17, 15) is 26.3 Å². The van der Waals surface area contributed by atoms with Crippen molar-refractivity contribution >= 4 is 29.0 Å². The molecule has 0 saturated heterocycles. The molecule has 0 aliphatic rings. The first-order valence-electron chi connectivity index (χ1n) is 5.15. The van der Waals surface area contributed by atoms with Gasteiger partial charge in [0.15, 0.2) is 0 Å². The van der Waals surface area contributed by atoms with Crippen molar-refractivity contribution in [3.05, 3.63) is 22.8 Å². The summed E-state index contributed by atoms with van der Waals surface area (Å²) in [6, 6.07) is 0.529. The maximum atomic E-state index is 12.4. The van der Waals surface area contributed by atoms with Gasteiger partial charge in [0.2, 0.25) is 0 Å². The van der Waals surface area contributed by atoms with Gasteiger partial charge < -0.3 is 4.90 Å². The van der Waals surface area contributed by atoms with Crippen molar-refractivity contribution in [3.8, 4) is 0 Å². The van der Waals surface area contributed by atoms with E-state index in [1.165, 1.54) is 0 Å². The molecule has 0 fully saturated rings. The van der Waals surface area contributed by atoms with Crippen LogP contribution >= 0.6 is 23.2 Å². The summed E-state index contributed by atoms with van der Waals surface area (Å²) in [4.78, 5) is 4.04. The number of aromatic nitrogens is 1. The molecular weight excluding hydrogens is 333 g/mol. The van der Waals surface area contributed by atoms with E-state index in [0.717, 1.165) is 0 Å². The molecule has 1 aromatic rings. The van der Waals surface area contributed by atoms with Crippen molar-refractivity contribution in [2.24, 2.45) is 0 Å². The third-order valence-electron chi connectivity index (χ3n) is 2.17. The van der Waals surface area contributed by atoms with E-state index in [-0.39, 0.29) is 12.4 Å². The standard InChI is InChI=1S/C10H8Cl2F6N2/c11-1-2-20(5-9(13,14)15)8-7(12)3-6(4-19-8)10(16,17)18/h3-4H,1-2,5H2. The molecule has 0 aromatic carbocycles. The molecule has 0 spiro atoms. The van der Waals surface area contributed by atoms with Crippen LogP contribution in [0.2, 0.25) is 5.02 Å². The number of rotatable bonds is 4. The summed E-state index contributed by atoms with van der Waals surface area (Å²) in [5.74, 6) is -0.549. The molecule has 0 radical (unpaired) electrons. The summed E-state index contributed by atoms with van der Waals surface area (Å²) >= 11 is 11.0. The van der Waals surface area contributed by atoms with Gasteiger partial charge in [-0.05, 0) is 6.07 Å². The number of hydrogen-bond acceptors (Lipinski definition) is 2. The summed E-state index contributed by atoms with van der Waals surface area (Å²) in [6.07, 6.45) is -8.80. The lowest BCUT2D eigenvalue weighted by molar-refractivity contribution is -0.137. The second-order valence-corrected chi connectivity index (χ2v) is 4.54. The molecule has 0 aliphatic carbocycles. The van der Waals surface area contributed by atoms with Gasteiger partial charge in [-0.25, -0.2) is 4.98 Å². The van der Waals surface area contributed by atoms with Crippen LogP contribution in [0.1, 0.15) is 5.56 Å². The van der Waals surface area contributed by atoms with Crippen molar-refractivity contribution in [3.63, 3.8) is 0 Å². The summed E-state index contributed by atoms with van der Waals surface area (Å²) in [5, 5.41) is -0.519. The van der Waals surface area contributed by atoms with Crippen LogP contribution in [0, 0.1) is 0 Å². The van der Waals surface area contributed by atoms with Crippen molar-refractivity contribution in [1.82, 2.24) is 4.98 Å². The summed E-state index contributed by atoms with van der Waals surface area (Å²) in [6.45, 7) is -1.66. The molecule has 1 aromatic heterocycles. The lowest BCUT2D eigenvalue weighted by Gasteiger charge is -2.25. The first-order valence-corrected chi connectivity index (χ1v) is 6.06. The number of anilines is 1. The Labute approximate surface area is 120 Å². The Morgan fingerprint density at radius 1 is 1.15 bits per heavy atom. The lowest BCUT2D eigenvalue weighted by atomic mass is 10.2. The highest BCUT2D eigenvalue weighted by Gasteiger charge is 2.34. The van der Waals surface area contributed by atoms with Crippen LogP contribution in [0.15, 0.2) is 12.3 Å². The van der Waals surface area contributed by atoms with Crippen molar-refractivity contribution in [2.45, 2.75) is 12.4 Å². The topological polar surface area (TPSA) is 16.1 Å². The van der Waals surface area contributed by atoms with Gasteiger partial charge in [0.1, 0.15) is 12.4 Å². The molecule has 10 heteroatoms. The quantitative estimate of drug-likeness (QED) is 0.598. The smallest absolute Gasteiger partial charge is 0.345 e. The predicted molar refractivity (Wildman–Crippen MR) is 63.2 cm³/mol. The van der Waals surface area contributed by atoms with Gasteiger partial charge in [0.05, 0.1) is 10.6 Å². The molecule has 0 bridgehead atoms. The van der Waals surface area contributed by atoms with Crippen molar-refractivity contribution in [1.29, 1.82) is 0 Å². The van der Waals surface area contributed by atoms with Crippen LogP contribution in [0.3, 0.4) is 0 Å². The molecule has 0 N–H and O–H groups in total. The van der Waals surface area contributed by atoms with E-state index in [0.29, 0.717) is 17.2 Å². The molecule has 20 heavy (non-hydrogen) atoms. The molecule has 2 nitrogen and oxygen atoms in total. The molecule has 1 rings (SSSR count). The molecule has 0 amide bonds. The molecule has 1 heterocycles. The summed E-state index contributed by atoms with van der Waals surface area (Å²) in [5.41, 5.74) is -1.14. The first-order chi connectivity index (χ1) is 9.04. The normalized spacial score (nSPS) is 12.6. The number of halogens is 8. The minimum atomic E-state index is -4.67. The van der Waals surface area contributed by atoms with Gasteiger partial charge in [-0.1, -0.05) is 11.6 Å². The van der Waals surface area contributed by atoms with Gasteiger partial charge >= 0.3 is 12.4 Å². The highest BCUT2D eigenvalue weighted by Crippen LogP contribution is 2.34. The zero-order valence-electron chi connectivity index (χ0n) is 9.69. The average molecular weight is 341 g/mol. The second kappa shape index (κ2) is 6.26. The predicted octanol–water partition coefficient (Wildman–Crippen LogP) is 4.36. The van der Waals surface area contributed by atoms with Gasteiger partial charge in [-0.15, -0.1) is 11.6 Å². The van der Waals surface area contributed by atoms with Crippen molar-refractivity contribution in [2.75, 3.05) is 23.9 Å². The van der Waals surface area contributed by atoms with E-state index in [2.05, 4.69) is 4.98 Å². The molecular formula is C10H8Cl2F6N2. The Morgan fingerprint density at radius 3 is 2.15 bits per heavy atom. The van der Waals surface area contributed by atoms with Gasteiger partial charge in [0.25, 0.3) is 0 Å². The van der Waals surface area contributed by atoms with E-state index in [1.807, 2.05) is 0 Å². The summed E-state index contributed by atoms with van der Waals surface area (Å²) in [7, 11) is 0. The minimum Gasteiger partial charge on any atom is -0.345 e. The Balaban J connectivity index is 3.09. The zero-order valence-corrected chi connectivity index (χ0v) is 11.2.